The highest BCUT2D eigenvalue weighted by Crippen LogP contribution is 2.17. The Morgan fingerprint density at radius 2 is 2.32 bits per heavy atom. The Bertz CT molecular complexity index is 485. The van der Waals surface area contributed by atoms with E-state index in [4.69, 9.17) is 0 Å². The molecule has 19 heavy (non-hydrogen) atoms. The Morgan fingerprint density at radius 3 is 2.79 bits per heavy atom. The summed E-state index contributed by atoms with van der Waals surface area (Å²) >= 11 is 0. The number of likely N-dealkylation sites (tertiary alicyclic amines) is 1. The highest BCUT2D eigenvalue weighted by molar-refractivity contribution is 5.83. The molecule has 0 radical (unpaired) electrons. The highest BCUT2D eigenvalue weighted by atomic mass is 16.4. The zero-order valence-corrected chi connectivity index (χ0v) is 11.0. The molecule has 0 saturated carbocycles. The first-order chi connectivity index (χ1) is 8.97. The molecule has 2 N–H and O–H groups in total. The third kappa shape index (κ3) is 3.04. The Balaban J connectivity index is 2.05. The summed E-state index contributed by atoms with van der Waals surface area (Å²) in [6.45, 7) is 3.42. The van der Waals surface area contributed by atoms with Crippen LogP contribution in [0.15, 0.2) is 12.4 Å². The second-order valence-corrected chi connectivity index (χ2v) is 5.01. The molecule has 1 aliphatic rings. The summed E-state index contributed by atoms with van der Waals surface area (Å²) in [5.74, 6) is -0.624. The van der Waals surface area contributed by atoms with Crippen molar-refractivity contribution in [2.75, 3.05) is 13.1 Å². The van der Waals surface area contributed by atoms with Crippen LogP contribution in [-0.2, 0) is 11.8 Å². The van der Waals surface area contributed by atoms with E-state index in [1.807, 2.05) is 0 Å². The summed E-state index contributed by atoms with van der Waals surface area (Å²) in [4.78, 5) is 24.9. The molecule has 1 aromatic heterocycles. The molecule has 1 aromatic rings. The van der Waals surface area contributed by atoms with E-state index in [1.165, 1.54) is 10.9 Å². The molecule has 2 atom stereocenters. The van der Waals surface area contributed by atoms with Crippen molar-refractivity contribution in [3.8, 4) is 0 Å². The van der Waals surface area contributed by atoms with Gasteiger partial charge in [0.05, 0.1) is 6.20 Å². The molecule has 0 aromatic carbocycles. The predicted molar refractivity (Wildman–Crippen MR) is 67.5 cm³/mol. The Morgan fingerprint density at radius 1 is 1.58 bits per heavy atom. The second kappa shape index (κ2) is 5.29. The van der Waals surface area contributed by atoms with Crippen molar-refractivity contribution >= 4 is 12.0 Å². The minimum absolute atomic E-state index is 0.333. The Kier molecular flexibility index (Phi) is 3.73. The summed E-state index contributed by atoms with van der Waals surface area (Å²) in [7, 11) is 1.70. The van der Waals surface area contributed by atoms with Crippen LogP contribution in [0.4, 0.5) is 4.79 Å². The van der Waals surface area contributed by atoms with Crippen LogP contribution in [0.3, 0.4) is 0 Å². The summed E-state index contributed by atoms with van der Waals surface area (Å²) in [6, 6.07) is -1.39. The maximum atomic E-state index is 12.0. The van der Waals surface area contributed by atoms with Gasteiger partial charge in [-0.1, -0.05) is 6.92 Å². The molecular weight excluding hydrogens is 248 g/mol. The van der Waals surface area contributed by atoms with E-state index in [-0.39, 0.29) is 6.03 Å². The molecule has 1 aliphatic heterocycles. The van der Waals surface area contributed by atoms with Crippen LogP contribution < -0.4 is 5.32 Å². The van der Waals surface area contributed by atoms with Gasteiger partial charge in [0.15, 0.2) is 6.04 Å². The van der Waals surface area contributed by atoms with E-state index in [1.54, 1.807) is 18.1 Å². The van der Waals surface area contributed by atoms with Crippen LogP contribution in [0.25, 0.3) is 0 Å². The normalized spacial score (nSPS) is 20.3. The summed E-state index contributed by atoms with van der Waals surface area (Å²) in [5.41, 5.74) is 0.468. The molecule has 7 heteroatoms. The lowest BCUT2D eigenvalue weighted by atomic mass is 10.1. The van der Waals surface area contributed by atoms with E-state index < -0.39 is 12.0 Å². The maximum absolute atomic E-state index is 12.0. The van der Waals surface area contributed by atoms with Gasteiger partial charge in [0.2, 0.25) is 0 Å². The van der Waals surface area contributed by atoms with Crippen LogP contribution in [0.1, 0.15) is 24.9 Å². The Labute approximate surface area is 111 Å². The van der Waals surface area contributed by atoms with Gasteiger partial charge >= 0.3 is 12.0 Å². The van der Waals surface area contributed by atoms with Gasteiger partial charge in [0.1, 0.15) is 0 Å². The fourth-order valence-electron chi connectivity index (χ4n) is 2.21. The molecule has 0 spiro atoms. The number of nitrogens with one attached hydrogen (secondary N) is 1. The quantitative estimate of drug-likeness (QED) is 0.838. The van der Waals surface area contributed by atoms with Gasteiger partial charge in [0, 0.05) is 31.9 Å². The monoisotopic (exact) mass is 266 g/mol. The number of amides is 2. The van der Waals surface area contributed by atoms with E-state index >= 15 is 0 Å². The fourth-order valence-corrected chi connectivity index (χ4v) is 2.21. The van der Waals surface area contributed by atoms with Crippen LogP contribution >= 0.6 is 0 Å². The molecule has 2 rings (SSSR count). The van der Waals surface area contributed by atoms with Crippen molar-refractivity contribution in [1.29, 1.82) is 0 Å². The number of aromatic nitrogens is 2. The van der Waals surface area contributed by atoms with Gasteiger partial charge in [0.25, 0.3) is 0 Å². The van der Waals surface area contributed by atoms with Gasteiger partial charge in [-0.2, -0.15) is 5.10 Å². The molecule has 1 saturated heterocycles. The first-order valence-electron chi connectivity index (χ1n) is 6.24. The molecule has 0 bridgehead atoms. The minimum atomic E-state index is -1.09. The van der Waals surface area contributed by atoms with E-state index in [9.17, 15) is 14.7 Å². The van der Waals surface area contributed by atoms with Crippen molar-refractivity contribution in [1.82, 2.24) is 20.0 Å². The summed E-state index contributed by atoms with van der Waals surface area (Å²) in [6.07, 6.45) is 4.00. The standard InChI is InChI=1S/C12H18N4O3/c1-8-3-4-16(6-8)12(19)14-10(11(17)18)9-5-13-15(2)7-9/h5,7-8,10H,3-4,6H2,1-2H3,(H,14,19)(H,17,18). The van der Waals surface area contributed by atoms with Crippen molar-refractivity contribution in [2.45, 2.75) is 19.4 Å². The number of rotatable bonds is 3. The molecule has 104 valence electrons. The first-order valence-corrected chi connectivity index (χ1v) is 6.24. The van der Waals surface area contributed by atoms with Crippen LogP contribution in [-0.4, -0.2) is 44.9 Å². The average molecular weight is 266 g/mol. The molecule has 2 heterocycles. The smallest absolute Gasteiger partial charge is 0.331 e. The van der Waals surface area contributed by atoms with Gasteiger partial charge in [-0.05, 0) is 12.3 Å². The average Bonchev–Trinajstić information content (AvgIpc) is 2.94. The van der Waals surface area contributed by atoms with Crippen LogP contribution in [0, 0.1) is 5.92 Å². The number of aryl methyl sites for hydroxylation is 1. The number of aliphatic carboxylic acids is 1. The lowest BCUT2D eigenvalue weighted by Gasteiger charge is -2.20. The lowest BCUT2D eigenvalue weighted by molar-refractivity contribution is -0.139. The third-order valence-electron chi connectivity index (χ3n) is 3.28. The number of carboxylic acid groups (broad SMARTS) is 1. The van der Waals surface area contributed by atoms with Crippen molar-refractivity contribution in [2.24, 2.45) is 13.0 Å². The number of carbonyl (C=O) groups excluding carboxylic acids is 1. The summed E-state index contributed by atoms with van der Waals surface area (Å²) in [5, 5.41) is 15.7. The third-order valence-corrected chi connectivity index (χ3v) is 3.28. The second-order valence-electron chi connectivity index (χ2n) is 5.01. The van der Waals surface area contributed by atoms with Gasteiger partial charge in [-0.15, -0.1) is 0 Å². The zero-order chi connectivity index (χ0) is 14.0. The van der Waals surface area contributed by atoms with Crippen molar-refractivity contribution in [3.05, 3.63) is 18.0 Å². The van der Waals surface area contributed by atoms with Gasteiger partial charge < -0.3 is 15.3 Å². The number of urea groups is 1. The predicted octanol–water partition coefficient (Wildman–Crippen LogP) is 0.597. The van der Waals surface area contributed by atoms with Crippen molar-refractivity contribution < 1.29 is 14.7 Å². The topological polar surface area (TPSA) is 87.5 Å². The van der Waals surface area contributed by atoms with E-state index in [2.05, 4.69) is 17.3 Å². The Hall–Kier alpha value is -2.05. The fraction of sp³-hybridized carbons (Fsp3) is 0.583. The zero-order valence-electron chi connectivity index (χ0n) is 11.0. The molecule has 7 nitrogen and oxygen atoms in total. The maximum Gasteiger partial charge on any atom is 0.331 e. The summed E-state index contributed by atoms with van der Waals surface area (Å²) < 4.78 is 1.51. The molecule has 1 fully saturated rings. The lowest BCUT2D eigenvalue weighted by Crippen LogP contribution is -2.42. The number of carbonyl (C=O) groups is 2. The molecule has 0 aliphatic carbocycles. The number of hydrogen-bond donors (Lipinski definition) is 2. The van der Waals surface area contributed by atoms with E-state index in [0.717, 1.165) is 6.42 Å². The van der Waals surface area contributed by atoms with Crippen molar-refractivity contribution in [3.63, 3.8) is 0 Å². The highest BCUT2D eigenvalue weighted by Gasteiger charge is 2.28. The van der Waals surface area contributed by atoms with Gasteiger partial charge in [-0.25, -0.2) is 9.59 Å². The van der Waals surface area contributed by atoms with Gasteiger partial charge in [-0.3, -0.25) is 4.68 Å². The number of nitrogens with zero attached hydrogens (tertiary/aromatic N) is 3. The number of hydrogen-bond acceptors (Lipinski definition) is 3. The SMILES string of the molecule is CC1CCN(C(=O)NC(C(=O)O)c2cnn(C)c2)C1. The molecule has 2 amide bonds. The van der Waals surface area contributed by atoms with Crippen LogP contribution in [0.5, 0.6) is 0 Å². The minimum Gasteiger partial charge on any atom is -0.479 e. The molecule has 2 unspecified atom stereocenters. The molecular formula is C12H18N4O3. The largest absolute Gasteiger partial charge is 0.479 e. The number of carboxylic acids is 1. The van der Waals surface area contributed by atoms with E-state index in [0.29, 0.717) is 24.6 Å². The van der Waals surface area contributed by atoms with Crippen LogP contribution in [0.2, 0.25) is 0 Å². The first kappa shape index (κ1) is 13.4.